The van der Waals surface area contributed by atoms with Gasteiger partial charge in [0.2, 0.25) is 0 Å². The Labute approximate surface area is 162 Å². The van der Waals surface area contributed by atoms with Crippen LogP contribution in [0, 0.1) is 11.3 Å². The van der Waals surface area contributed by atoms with Crippen molar-refractivity contribution in [2.45, 2.75) is 13.0 Å². The van der Waals surface area contributed by atoms with Crippen LogP contribution in [0.25, 0.3) is 17.0 Å². The van der Waals surface area contributed by atoms with Gasteiger partial charge >= 0.3 is 5.97 Å². The van der Waals surface area contributed by atoms with Gasteiger partial charge in [0.1, 0.15) is 0 Å². The number of para-hydroxylation sites is 1. The molecule has 6 heteroatoms. The van der Waals surface area contributed by atoms with Gasteiger partial charge in [-0.25, -0.2) is 9.78 Å². The lowest BCUT2D eigenvalue weighted by Gasteiger charge is -2.12. The summed E-state index contributed by atoms with van der Waals surface area (Å²) in [6, 6.07) is 19.8. The summed E-state index contributed by atoms with van der Waals surface area (Å²) in [6.07, 6.45) is 1.78. The Morgan fingerprint density at radius 1 is 1.14 bits per heavy atom. The van der Waals surface area contributed by atoms with Crippen molar-refractivity contribution in [1.82, 2.24) is 4.98 Å². The summed E-state index contributed by atoms with van der Waals surface area (Å²) in [5.74, 6) is -1.14. The molecule has 0 spiro atoms. The first-order valence-corrected chi connectivity index (χ1v) is 8.61. The summed E-state index contributed by atoms with van der Waals surface area (Å²) < 4.78 is 5.12. The fourth-order valence-corrected chi connectivity index (χ4v) is 2.51. The van der Waals surface area contributed by atoms with Gasteiger partial charge in [-0.3, -0.25) is 4.79 Å². The third-order valence-electron chi connectivity index (χ3n) is 3.93. The van der Waals surface area contributed by atoms with Gasteiger partial charge in [0.05, 0.1) is 22.8 Å². The smallest absolute Gasteiger partial charge is 0.331 e. The van der Waals surface area contributed by atoms with Crippen LogP contribution in [0.5, 0.6) is 0 Å². The van der Waals surface area contributed by atoms with Crippen LogP contribution in [-0.4, -0.2) is 23.0 Å². The van der Waals surface area contributed by atoms with E-state index in [1.165, 1.54) is 25.1 Å². The number of rotatable bonds is 5. The highest BCUT2D eigenvalue weighted by Crippen LogP contribution is 2.13. The summed E-state index contributed by atoms with van der Waals surface area (Å²) in [5.41, 5.74) is 2.32. The number of esters is 1. The molecule has 0 radical (unpaired) electrons. The zero-order valence-corrected chi connectivity index (χ0v) is 15.1. The molecule has 1 aromatic heterocycles. The first-order chi connectivity index (χ1) is 13.5. The number of nitrogens with zero attached hydrogens (tertiary/aromatic N) is 2. The molecular weight excluding hydrogens is 354 g/mol. The van der Waals surface area contributed by atoms with E-state index in [1.807, 2.05) is 36.4 Å². The van der Waals surface area contributed by atoms with Gasteiger partial charge in [-0.15, -0.1) is 0 Å². The Morgan fingerprint density at radius 3 is 2.79 bits per heavy atom. The number of fused-ring (bicyclic) bond motifs is 1. The van der Waals surface area contributed by atoms with E-state index < -0.39 is 18.0 Å². The fraction of sp³-hybridized carbons (Fsp3) is 0.0909. The zero-order valence-electron chi connectivity index (χ0n) is 15.1. The average Bonchev–Trinajstić information content (AvgIpc) is 2.72. The van der Waals surface area contributed by atoms with Crippen molar-refractivity contribution >= 4 is 34.5 Å². The lowest BCUT2D eigenvalue weighted by Crippen LogP contribution is -2.29. The summed E-state index contributed by atoms with van der Waals surface area (Å²) >= 11 is 0. The second kappa shape index (κ2) is 8.60. The number of ether oxygens (including phenoxy) is 1. The molecule has 0 saturated heterocycles. The summed E-state index contributed by atoms with van der Waals surface area (Å²) in [7, 11) is 0. The predicted octanol–water partition coefficient (Wildman–Crippen LogP) is 3.69. The highest BCUT2D eigenvalue weighted by atomic mass is 16.5. The highest BCUT2D eigenvalue weighted by molar-refractivity contribution is 5.96. The molecule has 1 N–H and O–H groups in total. The molecule has 0 aliphatic rings. The number of amides is 1. The van der Waals surface area contributed by atoms with E-state index in [9.17, 15) is 9.59 Å². The molecule has 0 saturated carbocycles. The highest BCUT2D eigenvalue weighted by Gasteiger charge is 2.16. The number of carbonyl (C=O) groups is 2. The molecule has 3 rings (SSSR count). The molecular formula is C22H17N3O3. The van der Waals surface area contributed by atoms with Crippen LogP contribution in [0.4, 0.5) is 5.69 Å². The standard InChI is InChI=1S/C22H17N3O3/c1-15(22(27)25-19-7-4-5-16(13-19)14-23)28-21(26)12-11-18-10-9-17-6-2-3-8-20(17)24-18/h2-13,15H,1H3,(H,25,27)/b12-11+. The van der Waals surface area contributed by atoms with Gasteiger partial charge in [-0.2, -0.15) is 5.26 Å². The minimum atomic E-state index is -0.993. The number of nitrogens with one attached hydrogen (secondary N) is 1. The molecule has 2 aromatic carbocycles. The third kappa shape index (κ3) is 4.80. The van der Waals surface area contributed by atoms with E-state index in [-0.39, 0.29) is 0 Å². The molecule has 0 aliphatic heterocycles. The van der Waals surface area contributed by atoms with Crippen LogP contribution in [0.3, 0.4) is 0 Å². The number of nitriles is 1. The Hall–Kier alpha value is -3.98. The maximum Gasteiger partial charge on any atom is 0.331 e. The van der Waals surface area contributed by atoms with Crippen LogP contribution in [0.1, 0.15) is 18.2 Å². The van der Waals surface area contributed by atoms with Crippen molar-refractivity contribution < 1.29 is 14.3 Å². The number of aromatic nitrogens is 1. The third-order valence-corrected chi connectivity index (χ3v) is 3.93. The Balaban J connectivity index is 1.58. The number of pyridine rings is 1. The first kappa shape index (κ1) is 18.8. The quantitative estimate of drug-likeness (QED) is 0.545. The number of hydrogen-bond donors (Lipinski definition) is 1. The van der Waals surface area contributed by atoms with Crippen molar-refractivity contribution in [2.75, 3.05) is 5.32 Å². The van der Waals surface area contributed by atoms with E-state index in [1.54, 1.807) is 24.3 Å². The maximum atomic E-state index is 12.2. The van der Waals surface area contributed by atoms with Gasteiger partial charge in [0.25, 0.3) is 5.91 Å². The Morgan fingerprint density at radius 2 is 1.96 bits per heavy atom. The van der Waals surface area contributed by atoms with Gasteiger partial charge in [0.15, 0.2) is 6.10 Å². The monoisotopic (exact) mass is 371 g/mol. The van der Waals surface area contributed by atoms with Crippen LogP contribution >= 0.6 is 0 Å². The number of carbonyl (C=O) groups excluding carboxylic acids is 2. The van der Waals surface area contributed by atoms with Gasteiger partial charge < -0.3 is 10.1 Å². The van der Waals surface area contributed by atoms with Crippen molar-refractivity contribution in [3.63, 3.8) is 0 Å². The SMILES string of the molecule is CC(OC(=O)/C=C/c1ccc2ccccc2n1)C(=O)Nc1cccc(C#N)c1. The minimum absolute atomic E-state index is 0.424. The second-order valence-corrected chi connectivity index (χ2v) is 6.02. The van der Waals surface area contributed by atoms with Gasteiger partial charge in [-0.1, -0.05) is 30.3 Å². The number of anilines is 1. The minimum Gasteiger partial charge on any atom is -0.449 e. The molecule has 1 unspecified atom stereocenters. The predicted molar refractivity (Wildman–Crippen MR) is 106 cm³/mol. The van der Waals surface area contributed by atoms with Crippen LogP contribution < -0.4 is 5.32 Å². The van der Waals surface area contributed by atoms with E-state index in [0.717, 1.165) is 10.9 Å². The number of benzene rings is 2. The van der Waals surface area contributed by atoms with Crippen LogP contribution in [0.2, 0.25) is 0 Å². The molecule has 138 valence electrons. The molecule has 6 nitrogen and oxygen atoms in total. The lowest BCUT2D eigenvalue weighted by atomic mass is 10.2. The summed E-state index contributed by atoms with van der Waals surface area (Å²) in [5, 5.41) is 12.5. The largest absolute Gasteiger partial charge is 0.449 e. The molecule has 28 heavy (non-hydrogen) atoms. The van der Waals surface area contributed by atoms with Crippen LogP contribution in [0.15, 0.2) is 66.7 Å². The van der Waals surface area contributed by atoms with Crippen LogP contribution in [-0.2, 0) is 14.3 Å². The summed E-state index contributed by atoms with van der Waals surface area (Å²) in [6.45, 7) is 1.48. The van der Waals surface area contributed by atoms with Gasteiger partial charge in [0, 0.05) is 17.1 Å². The molecule has 0 aliphatic carbocycles. The second-order valence-electron chi connectivity index (χ2n) is 6.02. The first-order valence-electron chi connectivity index (χ1n) is 8.61. The van der Waals surface area contributed by atoms with E-state index in [0.29, 0.717) is 16.9 Å². The van der Waals surface area contributed by atoms with Crippen molar-refractivity contribution in [2.24, 2.45) is 0 Å². The van der Waals surface area contributed by atoms with Crippen molar-refractivity contribution in [3.8, 4) is 6.07 Å². The number of hydrogen-bond acceptors (Lipinski definition) is 5. The Bertz CT molecular complexity index is 1100. The van der Waals surface area contributed by atoms with Crippen molar-refractivity contribution in [1.29, 1.82) is 5.26 Å². The molecule has 3 aromatic rings. The Kier molecular flexibility index (Phi) is 5.78. The normalized spacial score (nSPS) is 11.7. The van der Waals surface area contributed by atoms with Crippen molar-refractivity contribution in [3.05, 3.63) is 78.0 Å². The topological polar surface area (TPSA) is 92.1 Å². The fourth-order valence-electron chi connectivity index (χ4n) is 2.51. The molecule has 1 atom stereocenters. The molecule has 0 fully saturated rings. The van der Waals surface area contributed by atoms with Gasteiger partial charge in [-0.05, 0) is 43.3 Å². The molecule has 1 amide bonds. The molecule has 1 heterocycles. The summed E-state index contributed by atoms with van der Waals surface area (Å²) in [4.78, 5) is 28.6. The van der Waals surface area contributed by atoms with E-state index in [2.05, 4.69) is 10.3 Å². The van der Waals surface area contributed by atoms with E-state index >= 15 is 0 Å². The molecule has 0 bridgehead atoms. The van der Waals surface area contributed by atoms with E-state index in [4.69, 9.17) is 10.00 Å². The zero-order chi connectivity index (χ0) is 19.9. The average molecular weight is 371 g/mol. The lowest BCUT2D eigenvalue weighted by molar-refractivity contribution is -0.148. The maximum absolute atomic E-state index is 12.2.